The first kappa shape index (κ1) is 11.1. The van der Waals surface area contributed by atoms with Crippen molar-refractivity contribution in [2.75, 3.05) is 13.2 Å². The zero-order chi connectivity index (χ0) is 10.4. The fourth-order valence-electron chi connectivity index (χ4n) is 1.03. The van der Waals surface area contributed by atoms with Crippen LogP contribution in [0, 0.1) is 6.92 Å². The third-order valence-electron chi connectivity index (χ3n) is 1.87. The van der Waals surface area contributed by atoms with Crippen LogP contribution in [0.15, 0.2) is 18.3 Å². The van der Waals surface area contributed by atoms with Gasteiger partial charge in [0.1, 0.15) is 0 Å². The summed E-state index contributed by atoms with van der Waals surface area (Å²) < 4.78 is 0. The van der Waals surface area contributed by atoms with Gasteiger partial charge in [-0.25, -0.2) is 0 Å². The average molecular weight is 196 g/mol. The molecular formula is C10H16N2O2. The lowest BCUT2D eigenvalue weighted by Gasteiger charge is -2.08. The Balaban J connectivity index is 2.28. The van der Waals surface area contributed by atoms with Crippen LogP contribution in [-0.4, -0.2) is 34.5 Å². The Bertz CT molecular complexity index is 261. The molecule has 0 radical (unpaired) electrons. The molecule has 0 saturated carbocycles. The van der Waals surface area contributed by atoms with Gasteiger partial charge in [0.05, 0.1) is 18.4 Å². The Morgan fingerprint density at radius 1 is 1.50 bits per heavy atom. The highest BCUT2D eigenvalue weighted by molar-refractivity contribution is 5.11. The van der Waals surface area contributed by atoms with Gasteiger partial charge in [-0.2, -0.15) is 0 Å². The standard InChI is InChI=1S/C10H16N2O2/c1-8-2-3-9(12-4-8)5-11-6-10(14)7-13/h2-4,10-11,13-14H,5-7H2,1H3. The summed E-state index contributed by atoms with van der Waals surface area (Å²) in [5.41, 5.74) is 2.06. The molecule has 0 aliphatic rings. The van der Waals surface area contributed by atoms with Crippen molar-refractivity contribution in [1.29, 1.82) is 0 Å². The van der Waals surface area contributed by atoms with Crippen LogP contribution in [0.3, 0.4) is 0 Å². The fraction of sp³-hybridized carbons (Fsp3) is 0.500. The lowest BCUT2D eigenvalue weighted by atomic mass is 10.2. The van der Waals surface area contributed by atoms with E-state index in [0.29, 0.717) is 13.1 Å². The molecule has 1 aromatic rings. The molecule has 0 fully saturated rings. The van der Waals surface area contributed by atoms with Gasteiger partial charge < -0.3 is 15.5 Å². The molecule has 4 nitrogen and oxygen atoms in total. The molecular weight excluding hydrogens is 180 g/mol. The van der Waals surface area contributed by atoms with E-state index in [1.54, 1.807) is 6.20 Å². The maximum Gasteiger partial charge on any atom is 0.0895 e. The number of aliphatic hydroxyl groups excluding tert-OH is 2. The Morgan fingerprint density at radius 3 is 2.86 bits per heavy atom. The molecule has 1 heterocycles. The summed E-state index contributed by atoms with van der Waals surface area (Å²) in [6.45, 7) is 2.76. The van der Waals surface area contributed by atoms with Crippen molar-refractivity contribution in [1.82, 2.24) is 10.3 Å². The number of aryl methyl sites for hydroxylation is 1. The number of aliphatic hydroxyl groups is 2. The lowest BCUT2D eigenvalue weighted by molar-refractivity contribution is 0.0941. The molecule has 78 valence electrons. The summed E-state index contributed by atoms with van der Waals surface area (Å²) in [6, 6.07) is 3.93. The number of nitrogens with zero attached hydrogens (tertiary/aromatic N) is 1. The summed E-state index contributed by atoms with van der Waals surface area (Å²) >= 11 is 0. The molecule has 14 heavy (non-hydrogen) atoms. The highest BCUT2D eigenvalue weighted by Gasteiger charge is 2.00. The lowest BCUT2D eigenvalue weighted by Crippen LogP contribution is -2.29. The van der Waals surface area contributed by atoms with Crippen LogP contribution in [0.2, 0.25) is 0 Å². The quantitative estimate of drug-likeness (QED) is 0.612. The van der Waals surface area contributed by atoms with Crippen molar-refractivity contribution in [3.8, 4) is 0 Å². The van der Waals surface area contributed by atoms with E-state index in [-0.39, 0.29) is 6.61 Å². The third-order valence-corrected chi connectivity index (χ3v) is 1.87. The van der Waals surface area contributed by atoms with Crippen molar-refractivity contribution in [3.63, 3.8) is 0 Å². The van der Waals surface area contributed by atoms with E-state index in [2.05, 4.69) is 10.3 Å². The molecule has 1 unspecified atom stereocenters. The number of hydrogen-bond acceptors (Lipinski definition) is 4. The number of pyridine rings is 1. The molecule has 1 atom stereocenters. The zero-order valence-electron chi connectivity index (χ0n) is 8.27. The summed E-state index contributed by atoms with van der Waals surface area (Å²) in [5, 5.41) is 20.6. The van der Waals surface area contributed by atoms with Crippen LogP contribution >= 0.6 is 0 Å². The van der Waals surface area contributed by atoms with E-state index in [1.165, 1.54) is 0 Å². The van der Waals surface area contributed by atoms with E-state index in [0.717, 1.165) is 11.3 Å². The van der Waals surface area contributed by atoms with Gasteiger partial charge in [0.2, 0.25) is 0 Å². The number of aromatic nitrogens is 1. The van der Waals surface area contributed by atoms with E-state index in [9.17, 15) is 0 Å². The Morgan fingerprint density at radius 2 is 2.29 bits per heavy atom. The summed E-state index contributed by atoms with van der Waals surface area (Å²) in [7, 11) is 0. The molecule has 0 saturated heterocycles. The van der Waals surface area contributed by atoms with E-state index in [1.807, 2.05) is 19.1 Å². The van der Waals surface area contributed by atoms with Crippen molar-refractivity contribution in [3.05, 3.63) is 29.6 Å². The maximum absolute atomic E-state index is 9.05. The zero-order valence-corrected chi connectivity index (χ0v) is 8.27. The van der Waals surface area contributed by atoms with Crippen LogP contribution < -0.4 is 5.32 Å². The average Bonchev–Trinajstić information content (AvgIpc) is 2.21. The van der Waals surface area contributed by atoms with Crippen LogP contribution in [-0.2, 0) is 6.54 Å². The smallest absolute Gasteiger partial charge is 0.0895 e. The Kier molecular flexibility index (Phi) is 4.52. The molecule has 4 heteroatoms. The summed E-state index contributed by atoms with van der Waals surface area (Å²) in [4.78, 5) is 4.19. The van der Waals surface area contributed by atoms with E-state index in [4.69, 9.17) is 10.2 Å². The summed E-state index contributed by atoms with van der Waals surface area (Å²) in [6.07, 6.45) is 1.11. The predicted octanol–water partition coefficient (Wildman–Crippen LogP) is -0.167. The van der Waals surface area contributed by atoms with Crippen molar-refractivity contribution >= 4 is 0 Å². The van der Waals surface area contributed by atoms with Gasteiger partial charge in [-0.05, 0) is 18.6 Å². The van der Waals surface area contributed by atoms with Crippen molar-refractivity contribution < 1.29 is 10.2 Å². The second-order valence-electron chi connectivity index (χ2n) is 3.29. The topological polar surface area (TPSA) is 65.4 Å². The van der Waals surface area contributed by atoms with Crippen LogP contribution in [0.25, 0.3) is 0 Å². The first-order valence-electron chi connectivity index (χ1n) is 4.63. The molecule has 0 aromatic carbocycles. The molecule has 0 spiro atoms. The van der Waals surface area contributed by atoms with Gasteiger partial charge in [-0.3, -0.25) is 4.98 Å². The van der Waals surface area contributed by atoms with Gasteiger partial charge >= 0.3 is 0 Å². The van der Waals surface area contributed by atoms with E-state index >= 15 is 0 Å². The largest absolute Gasteiger partial charge is 0.394 e. The van der Waals surface area contributed by atoms with Gasteiger partial charge in [0.15, 0.2) is 0 Å². The second-order valence-corrected chi connectivity index (χ2v) is 3.29. The maximum atomic E-state index is 9.05. The van der Waals surface area contributed by atoms with Crippen LogP contribution in [0.4, 0.5) is 0 Å². The summed E-state index contributed by atoms with van der Waals surface area (Å²) in [5.74, 6) is 0. The minimum Gasteiger partial charge on any atom is -0.394 e. The minimum atomic E-state index is -0.694. The normalized spacial score (nSPS) is 12.8. The number of nitrogens with one attached hydrogen (secondary N) is 1. The molecule has 3 N–H and O–H groups in total. The van der Waals surface area contributed by atoms with Gasteiger partial charge in [0, 0.05) is 19.3 Å². The fourth-order valence-corrected chi connectivity index (χ4v) is 1.03. The highest BCUT2D eigenvalue weighted by atomic mass is 16.3. The molecule has 0 bridgehead atoms. The minimum absolute atomic E-state index is 0.214. The third kappa shape index (κ3) is 3.83. The first-order chi connectivity index (χ1) is 6.72. The molecule has 0 amide bonds. The second kappa shape index (κ2) is 5.70. The van der Waals surface area contributed by atoms with Crippen molar-refractivity contribution in [2.45, 2.75) is 19.6 Å². The van der Waals surface area contributed by atoms with Crippen molar-refractivity contribution in [2.24, 2.45) is 0 Å². The monoisotopic (exact) mass is 196 g/mol. The molecule has 0 aliphatic carbocycles. The Hall–Kier alpha value is -0.970. The Labute approximate surface area is 83.6 Å². The highest BCUT2D eigenvalue weighted by Crippen LogP contribution is 1.97. The number of hydrogen-bond donors (Lipinski definition) is 3. The SMILES string of the molecule is Cc1ccc(CNCC(O)CO)nc1. The first-order valence-corrected chi connectivity index (χ1v) is 4.63. The van der Waals surface area contributed by atoms with Crippen LogP contribution in [0.1, 0.15) is 11.3 Å². The van der Waals surface area contributed by atoms with Gasteiger partial charge in [0.25, 0.3) is 0 Å². The van der Waals surface area contributed by atoms with Gasteiger partial charge in [-0.15, -0.1) is 0 Å². The molecule has 1 rings (SSSR count). The predicted molar refractivity (Wildman–Crippen MR) is 53.8 cm³/mol. The van der Waals surface area contributed by atoms with E-state index < -0.39 is 6.10 Å². The van der Waals surface area contributed by atoms with Gasteiger partial charge in [-0.1, -0.05) is 6.07 Å². The van der Waals surface area contributed by atoms with Crippen LogP contribution in [0.5, 0.6) is 0 Å². The number of rotatable bonds is 5. The molecule has 0 aliphatic heterocycles. The molecule has 1 aromatic heterocycles.